The third-order valence-corrected chi connectivity index (χ3v) is 5.39. The van der Waals surface area contributed by atoms with Crippen LogP contribution in [0.15, 0.2) is 72.8 Å². The fourth-order valence-electron chi connectivity index (χ4n) is 3.49. The number of hydrogen-bond acceptors (Lipinski definition) is 5. The summed E-state index contributed by atoms with van der Waals surface area (Å²) in [5, 5.41) is 5.76. The molecule has 0 atom stereocenters. The average molecular weight is 462 g/mol. The van der Waals surface area contributed by atoms with E-state index in [1.807, 2.05) is 36.4 Å². The zero-order valence-electron chi connectivity index (χ0n) is 20.0. The van der Waals surface area contributed by atoms with Crippen LogP contribution in [0.3, 0.4) is 0 Å². The summed E-state index contributed by atoms with van der Waals surface area (Å²) in [5.74, 6) is 0.374. The van der Waals surface area contributed by atoms with Crippen molar-refractivity contribution < 1.29 is 19.1 Å². The molecule has 0 radical (unpaired) electrons. The van der Waals surface area contributed by atoms with E-state index in [2.05, 4.69) is 29.4 Å². The third-order valence-electron chi connectivity index (χ3n) is 5.39. The predicted molar refractivity (Wildman–Crippen MR) is 135 cm³/mol. The monoisotopic (exact) mass is 461 g/mol. The minimum absolute atomic E-state index is 0.175. The largest absolute Gasteiger partial charge is 0.494 e. The second kappa shape index (κ2) is 11.9. The van der Waals surface area contributed by atoms with Gasteiger partial charge >= 0.3 is 0 Å². The van der Waals surface area contributed by atoms with Gasteiger partial charge < -0.3 is 20.1 Å². The fourth-order valence-corrected chi connectivity index (χ4v) is 3.49. The first-order chi connectivity index (χ1) is 16.4. The number of nitrogens with one attached hydrogen (secondary N) is 2. The lowest BCUT2D eigenvalue weighted by Crippen LogP contribution is -2.37. The molecule has 34 heavy (non-hydrogen) atoms. The first kappa shape index (κ1) is 24.8. The van der Waals surface area contributed by atoms with Crippen molar-refractivity contribution in [2.75, 3.05) is 31.4 Å². The molecule has 2 amide bonds. The topological polar surface area (TPSA) is 79.9 Å². The van der Waals surface area contributed by atoms with Gasteiger partial charge in [0.15, 0.2) is 0 Å². The highest BCUT2D eigenvalue weighted by Crippen LogP contribution is 2.36. The SMILES string of the molecule is COc1cc(NC(=O)c2ccccc2)c(OC)cc1NC(=O)CN(Cc1ccccc1)C(C)C. The number of carbonyl (C=O) groups excluding carboxylic acids is 2. The van der Waals surface area contributed by atoms with Crippen molar-refractivity contribution in [3.8, 4) is 11.5 Å². The minimum atomic E-state index is -0.272. The molecule has 3 aromatic rings. The summed E-state index contributed by atoms with van der Waals surface area (Å²) in [7, 11) is 3.02. The summed E-state index contributed by atoms with van der Waals surface area (Å²) >= 11 is 0. The maximum Gasteiger partial charge on any atom is 0.255 e. The van der Waals surface area contributed by atoms with Gasteiger partial charge in [-0.25, -0.2) is 0 Å². The van der Waals surface area contributed by atoms with Crippen molar-refractivity contribution in [3.05, 3.63) is 83.9 Å². The second-order valence-electron chi connectivity index (χ2n) is 8.11. The minimum Gasteiger partial charge on any atom is -0.494 e. The van der Waals surface area contributed by atoms with Crippen LogP contribution in [0, 0.1) is 0 Å². The lowest BCUT2D eigenvalue weighted by atomic mass is 10.2. The van der Waals surface area contributed by atoms with Crippen molar-refractivity contribution >= 4 is 23.2 Å². The molecule has 0 bridgehead atoms. The van der Waals surface area contributed by atoms with Crippen molar-refractivity contribution in [2.24, 2.45) is 0 Å². The van der Waals surface area contributed by atoms with Gasteiger partial charge in [0.25, 0.3) is 5.91 Å². The van der Waals surface area contributed by atoms with E-state index in [0.717, 1.165) is 5.56 Å². The Morgan fingerprint density at radius 1 is 0.824 bits per heavy atom. The molecule has 3 aromatic carbocycles. The van der Waals surface area contributed by atoms with E-state index in [4.69, 9.17) is 9.47 Å². The molecule has 0 aliphatic rings. The smallest absolute Gasteiger partial charge is 0.255 e. The molecular weight excluding hydrogens is 430 g/mol. The van der Waals surface area contributed by atoms with Crippen LogP contribution in [0.25, 0.3) is 0 Å². The molecule has 2 N–H and O–H groups in total. The number of benzene rings is 3. The van der Waals surface area contributed by atoms with E-state index in [9.17, 15) is 9.59 Å². The van der Waals surface area contributed by atoms with E-state index in [0.29, 0.717) is 35.0 Å². The third kappa shape index (κ3) is 6.59. The lowest BCUT2D eigenvalue weighted by molar-refractivity contribution is -0.117. The first-order valence-electron chi connectivity index (χ1n) is 11.1. The molecular formula is C27H31N3O4. The molecule has 7 nitrogen and oxygen atoms in total. The van der Waals surface area contributed by atoms with Crippen molar-refractivity contribution in [1.29, 1.82) is 0 Å². The highest BCUT2D eigenvalue weighted by molar-refractivity contribution is 6.05. The molecule has 0 unspecified atom stereocenters. The summed E-state index contributed by atoms with van der Waals surface area (Å²) in [6.45, 7) is 5.00. The zero-order valence-corrected chi connectivity index (χ0v) is 20.0. The van der Waals surface area contributed by atoms with Crippen LogP contribution in [-0.4, -0.2) is 43.5 Å². The predicted octanol–water partition coefficient (Wildman–Crippen LogP) is 4.81. The van der Waals surface area contributed by atoms with Crippen LogP contribution in [-0.2, 0) is 11.3 Å². The summed E-state index contributed by atoms with van der Waals surface area (Å²) in [6, 6.07) is 22.4. The number of ether oxygens (including phenoxy) is 2. The van der Waals surface area contributed by atoms with Gasteiger partial charge in [0.2, 0.25) is 5.91 Å². The van der Waals surface area contributed by atoms with Gasteiger partial charge in [-0.3, -0.25) is 14.5 Å². The van der Waals surface area contributed by atoms with E-state index >= 15 is 0 Å². The Morgan fingerprint density at radius 3 is 1.88 bits per heavy atom. The lowest BCUT2D eigenvalue weighted by Gasteiger charge is -2.26. The highest BCUT2D eigenvalue weighted by atomic mass is 16.5. The van der Waals surface area contributed by atoms with Gasteiger partial charge in [0, 0.05) is 30.3 Å². The molecule has 178 valence electrons. The van der Waals surface area contributed by atoms with Crippen LogP contribution in [0.4, 0.5) is 11.4 Å². The fraction of sp³-hybridized carbons (Fsp3) is 0.259. The molecule has 0 spiro atoms. The van der Waals surface area contributed by atoms with Gasteiger partial charge in [-0.1, -0.05) is 48.5 Å². The average Bonchev–Trinajstić information content (AvgIpc) is 2.85. The molecule has 0 saturated carbocycles. The van der Waals surface area contributed by atoms with Crippen LogP contribution < -0.4 is 20.1 Å². The van der Waals surface area contributed by atoms with Crippen LogP contribution in [0.5, 0.6) is 11.5 Å². The molecule has 3 rings (SSSR count). The van der Waals surface area contributed by atoms with E-state index < -0.39 is 0 Å². The normalized spacial score (nSPS) is 10.8. The standard InChI is InChI=1S/C27H31N3O4/c1-19(2)30(17-20-11-7-5-8-12-20)18-26(31)28-22-15-25(34-4)23(16-24(22)33-3)29-27(32)21-13-9-6-10-14-21/h5-16,19H,17-18H2,1-4H3,(H,28,31)(H,29,32). The van der Waals surface area contributed by atoms with Gasteiger partial charge in [0.1, 0.15) is 11.5 Å². The van der Waals surface area contributed by atoms with E-state index in [-0.39, 0.29) is 24.4 Å². The number of nitrogens with zero attached hydrogens (tertiary/aromatic N) is 1. The van der Waals surface area contributed by atoms with E-state index in [1.165, 1.54) is 14.2 Å². The zero-order chi connectivity index (χ0) is 24.5. The summed E-state index contributed by atoms with van der Waals surface area (Å²) in [6.07, 6.45) is 0. The number of amides is 2. The van der Waals surface area contributed by atoms with Gasteiger partial charge in [-0.05, 0) is 31.5 Å². The number of hydrogen-bond donors (Lipinski definition) is 2. The Balaban J connectivity index is 1.75. The molecule has 0 aliphatic heterocycles. The Bertz CT molecular complexity index is 1100. The summed E-state index contributed by atoms with van der Waals surface area (Å²) in [5.41, 5.74) is 2.57. The molecule has 7 heteroatoms. The van der Waals surface area contributed by atoms with Gasteiger partial charge in [0.05, 0.1) is 32.1 Å². The Labute approximate surface area is 200 Å². The van der Waals surface area contributed by atoms with Crippen molar-refractivity contribution in [2.45, 2.75) is 26.4 Å². The van der Waals surface area contributed by atoms with E-state index in [1.54, 1.807) is 36.4 Å². The molecule has 0 saturated heterocycles. The first-order valence-corrected chi connectivity index (χ1v) is 11.1. The van der Waals surface area contributed by atoms with Gasteiger partial charge in [-0.15, -0.1) is 0 Å². The Hall–Kier alpha value is -3.84. The van der Waals surface area contributed by atoms with Crippen LogP contribution in [0.1, 0.15) is 29.8 Å². The quantitative estimate of drug-likeness (QED) is 0.453. The molecule has 0 heterocycles. The summed E-state index contributed by atoms with van der Waals surface area (Å²) < 4.78 is 11.0. The molecule has 0 aliphatic carbocycles. The molecule has 0 fully saturated rings. The number of rotatable bonds is 10. The number of anilines is 2. The Kier molecular flexibility index (Phi) is 8.65. The van der Waals surface area contributed by atoms with Crippen molar-refractivity contribution in [1.82, 2.24) is 4.90 Å². The molecule has 0 aromatic heterocycles. The Morgan fingerprint density at radius 2 is 1.35 bits per heavy atom. The van der Waals surface area contributed by atoms with Gasteiger partial charge in [-0.2, -0.15) is 0 Å². The maximum absolute atomic E-state index is 12.9. The van der Waals surface area contributed by atoms with Crippen LogP contribution >= 0.6 is 0 Å². The number of carbonyl (C=O) groups is 2. The maximum atomic E-state index is 12.9. The van der Waals surface area contributed by atoms with Crippen LogP contribution in [0.2, 0.25) is 0 Å². The second-order valence-corrected chi connectivity index (χ2v) is 8.11. The van der Waals surface area contributed by atoms with Crippen molar-refractivity contribution in [3.63, 3.8) is 0 Å². The number of methoxy groups -OCH3 is 2. The summed E-state index contributed by atoms with van der Waals surface area (Å²) in [4.78, 5) is 27.6. The highest BCUT2D eigenvalue weighted by Gasteiger charge is 2.19.